The van der Waals surface area contributed by atoms with Gasteiger partial charge in [0.2, 0.25) is 15.9 Å². The van der Waals surface area contributed by atoms with Crippen molar-refractivity contribution < 1.29 is 27.1 Å². The average Bonchev–Trinajstić information content (AvgIpc) is 2.83. The molecule has 0 unspecified atom stereocenters. The van der Waals surface area contributed by atoms with E-state index < -0.39 is 27.8 Å². The number of aryl methyl sites for hydroxylation is 1. The Labute approximate surface area is 199 Å². The second kappa shape index (κ2) is 11.5. The smallest absolute Gasteiger partial charge is 0.251 e. The van der Waals surface area contributed by atoms with Gasteiger partial charge in [-0.05, 0) is 62.1 Å². The van der Waals surface area contributed by atoms with Gasteiger partial charge >= 0.3 is 0 Å². The van der Waals surface area contributed by atoms with E-state index in [1.54, 1.807) is 24.3 Å². The van der Waals surface area contributed by atoms with Crippen LogP contribution in [0, 0.1) is 18.7 Å². The predicted octanol–water partition coefficient (Wildman–Crippen LogP) is 2.10. The number of halogens is 1. The molecule has 8 nitrogen and oxygen atoms in total. The third kappa shape index (κ3) is 6.40. The van der Waals surface area contributed by atoms with Crippen LogP contribution in [0.25, 0.3) is 0 Å². The van der Waals surface area contributed by atoms with Crippen molar-refractivity contribution in [3.63, 3.8) is 0 Å². The van der Waals surface area contributed by atoms with E-state index in [9.17, 15) is 22.4 Å². The lowest BCUT2D eigenvalue weighted by atomic mass is 9.89. The van der Waals surface area contributed by atoms with Crippen molar-refractivity contribution in [1.82, 2.24) is 14.9 Å². The van der Waals surface area contributed by atoms with Gasteiger partial charge in [-0.1, -0.05) is 17.7 Å². The van der Waals surface area contributed by atoms with E-state index in [2.05, 4.69) is 10.6 Å². The monoisotopic (exact) mass is 491 g/mol. The maximum Gasteiger partial charge on any atom is 0.251 e. The number of nitrogens with zero attached hydrogens (tertiary/aromatic N) is 1. The minimum Gasteiger partial charge on any atom is -0.383 e. The van der Waals surface area contributed by atoms with Crippen LogP contribution in [0.3, 0.4) is 0 Å². The number of rotatable bonds is 9. The highest BCUT2D eigenvalue weighted by Crippen LogP contribution is 2.26. The van der Waals surface area contributed by atoms with Gasteiger partial charge in [-0.3, -0.25) is 9.59 Å². The summed E-state index contributed by atoms with van der Waals surface area (Å²) in [7, 11) is -2.12. The molecule has 2 amide bonds. The summed E-state index contributed by atoms with van der Waals surface area (Å²) < 4.78 is 45.6. The molecule has 10 heteroatoms. The largest absolute Gasteiger partial charge is 0.383 e. The Bertz CT molecular complexity index is 1080. The van der Waals surface area contributed by atoms with Gasteiger partial charge in [0.15, 0.2) is 0 Å². The molecule has 2 N–H and O–H groups in total. The number of hydrogen-bond donors (Lipinski definition) is 2. The molecule has 0 saturated carbocycles. The standard InChI is InChI=1S/C24H30FN3O5S/c1-17-3-9-21(10-4-17)34(31,32)28-14-11-18(12-15-28)22(24(30)26-13-16-33-2)27-23(29)19-5-7-20(25)8-6-19/h3-10,18,22H,11-16H2,1-2H3,(H,26,30)(H,27,29)/t22-/m1/s1. The SMILES string of the molecule is COCCNC(=O)[C@H](NC(=O)c1ccc(F)cc1)C1CCN(S(=O)(=O)c2ccc(C)cc2)CC1. The molecule has 1 aliphatic rings. The van der Waals surface area contributed by atoms with Crippen LogP contribution >= 0.6 is 0 Å². The van der Waals surface area contributed by atoms with Gasteiger partial charge in [0.1, 0.15) is 11.9 Å². The van der Waals surface area contributed by atoms with E-state index in [4.69, 9.17) is 4.74 Å². The fourth-order valence-electron chi connectivity index (χ4n) is 3.92. The molecule has 0 radical (unpaired) electrons. The van der Waals surface area contributed by atoms with E-state index in [1.807, 2.05) is 6.92 Å². The Balaban J connectivity index is 1.71. The van der Waals surface area contributed by atoms with Crippen LogP contribution in [-0.4, -0.2) is 63.9 Å². The summed E-state index contributed by atoms with van der Waals surface area (Å²) in [4.78, 5) is 25.9. The Morgan fingerprint density at radius 2 is 1.71 bits per heavy atom. The van der Waals surface area contributed by atoms with Crippen LogP contribution in [0.15, 0.2) is 53.4 Å². The quantitative estimate of drug-likeness (QED) is 0.523. The highest BCUT2D eigenvalue weighted by molar-refractivity contribution is 7.89. The summed E-state index contributed by atoms with van der Waals surface area (Å²) in [6.45, 7) is 2.95. The predicted molar refractivity (Wildman–Crippen MR) is 125 cm³/mol. The van der Waals surface area contributed by atoms with Crippen molar-refractivity contribution in [3.8, 4) is 0 Å². The van der Waals surface area contributed by atoms with Gasteiger partial charge in [0.25, 0.3) is 5.91 Å². The van der Waals surface area contributed by atoms with E-state index in [0.717, 1.165) is 5.56 Å². The molecule has 2 aromatic rings. The third-order valence-electron chi connectivity index (χ3n) is 5.91. The normalized spacial score (nSPS) is 16.1. The molecule has 1 aliphatic heterocycles. The van der Waals surface area contributed by atoms with Crippen molar-refractivity contribution in [2.45, 2.75) is 30.7 Å². The van der Waals surface area contributed by atoms with E-state index in [1.165, 1.54) is 35.7 Å². The molecule has 0 bridgehead atoms. The summed E-state index contributed by atoms with van der Waals surface area (Å²) in [6.07, 6.45) is 0.800. The number of carbonyl (C=O) groups is 2. The maximum absolute atomic E-state index is 13.2. The molecular formula is C24H30FN3O5S. The van der Waals surface area contributed by atoms with Crippen molar-refractivity contribution in [3.05, 3.63) is 65.5 Å². The number of nitrogens with one attached hydrogen (secondary N) is 2. The summed E-state index contributed by atoms with van der Waals surface area (Å²) in [5.41, 5.74) is 1.20. The molecule has 34 heavy (non-hydrogen) atoms. The van der Waals surface area contributed by atoms with Crippen LogP contribution < -0.4 is 10.6 Å². The minimum atomic E-state index is -3.64. The fourth-order valence-corrected chi connectivity index (χ4v) is 5.39. The van der Waals surface area contributed by atoms with Crippen molar-refractivity contribution in [2.75, 3.05) is 33.4 Å². The van der Waals surface area contributed by atoms with Crippen LogP contribution in [-0.2, 0) is 19.6 Å². The molecule has 1 heterocycles. The lowest BCUT2D eigenvalue weighted by Crippen LogP contribution is -2.54. The lowest BCUT2D eigenvalue weighted by Gasteiger charge is -2.35. The summed E-state index contributed by atoms with van der Waals surface area (Å²) in [5.74, 6) is -1.60. The van der Waals surface area contributed by atoms with Gasteiger partial charge in [-0.2, -0.15) is 4.31 Å². The van der Waals surface area contributed by atoms with Crippen molar-refractivity contribution >= 4 is 21.8 Å². The van der Waals surface area contributed by atoms with Gasteiger partial charge in [0.05, 0.1) is 11.5 Å². The number of amides is 2. The molecule has 1 saturated heterocycles. The molecule has 3 rings (SSSR count). The molecular weight excluding hydrogens is 461 g/mol. The molecule has 0 aromatic heterocycles. The van der Waals surface area contributed by atoms with Crippen LogP contribution in [0.5, 0.6) is 0 Å². The molecule has 0 aliphatic carbocycles. The first-order valence-corrected chi connectivity index (χ1v) is 12.6. The summed E-state index contributed by atoms with van der Waals surface area (Å²) >= 11 is 0. The summed E-state index contributed by atoms with van der Waals surface area (Å²) in [6, 6.07) is 10.9. The number of methoxy groups -OCH3 is 1. The van der Waals surface area contributed by atoms with Gasteiger partial charge in [-0.25, -0.2) is 12.8 Å². The van der Waals surface area contributed by atoms with E-state index >= 15 is 0 Å². The second-order valence-corrected chi connectivity index (χ2v) is 10.2. The van der Waals surface area contributed by atoms with Crippen LogP contribution in [0.2, 0.25) is 0 Å². The molecule has 2 aromatic carbocycles. The highest BCUT2D eigenvalue weighted by atomic mass is 32.2. The van der Waals surface area contributed by atoms with E-state index in [0.29, 0.717) is 19.4 Å². The topological polar surface area (TPSA) is 105 Å². The number of hydrogen-bond acceptors (Lipinski definition) is 5. The molecule has 0 spiro atoms. The number of sulfonamides is 1. The zero-order chi connectivity index (χ0) is 24.7. The first-order valence-electron chi connectivity index (χ1n) is 11.1. The fraction of sp³-hybridized carbons (Fsp3) is 0.417. The van der Waals surface area contributed by atoms with Crippen molar-refractivity contribution in [2.24, 2.45) is 5.92 Å². The first-order chi connectivity index (χ1) is 16.2. The minimum absolute atomic E-state index is 0.231. The Morgan fingerprint density at radius 1 is 1.09 bits per heavy atom. The third-order valence-corrected chi connectivity index (χ3v) is 7.82. The molecule has 1 atom stereocenters. The van der Waals surface area contributed by atoms with Gasteiger partial charge in [-0.15, -0.1) is 0 Å². The highest BCUT2D eigenvalue weighted by Gasteiger charge is 2.36. The average molecular weight is 492 g/mol. The maximum atomic E-state index is 13.2. The zero-order valence-corrected chi connectivity index (χ0v) is 20.1. The Kier molecular flexibility index (Phi) is 8.76. The number of benzene rings is 2. The Morgan fingerprint density at radius 3 is 2.29 bits per heavy atom. The summed E-state index contributed by atoms with van der Waals surface area (Å²) in [5, 5.41) is 5.51. The van der Waals surface area contributed by atoms with Gasteiger partial charge in [0, 0.05) is 32.3 Å². The van der Waals surface area contributed by atoms with E-state index in [-0.39, 0.29) is 41.9 Å². The number of ether oxygens (including phenoxy) is 1. The van der Waals surface area contributed by atoms with Crippen LogP contribution in [0.1, 0.15) is 28.8 Å². The number of piperidine rings is 1. The van der Waals surface area contributed by atoms with Crippen LogP contribution in [0.4, 0.5) is 4.39 Å². The zero-order valence-electron chi connectivity index (χ0n) is 19.3. The first kappa shape index (κ1) is 25.8. The lowest BCUT2D eigenvalue weighted by molar-refractivity contribution is -0.124. The van der Waals surface area contributed by atoms with Crippen molar-refractivity contribution in [1.29, 1.82) is 0 Å². The molecule has 1 fully saturated rings. The second-order valence-electron chi connectivity index (χ2n) is 8.30. The molecule has 184 valence electrons. The Hall–Kier alpha value is -2.82. The van der Waals surface area contributed by atoms with Gasteiger partial charge < -0.3 is 15.4 Å². The number of carbonyl (C=O) groups excluding carboxylic acids is 2.